The van der Waals surface area contributed by atoms with Crippen molar-refractivity contribution in [3.8, 4) is 0 Å². The molecule has 1 amide bonds. The minimum Gasteiger partial charge on any atom is -0.456 e. The summed E-state index contributed by atoms with van der Waals surface area (Å²) < 4.78 is 7.53. The average molecular weight is 579 g/mol. The summed E-state index contributed by atoms with van der Waals surface area (Å²) in [5, 5.41) is 13.8. The van der Waals surface area contributed by atoms with Gasteiger partial charge >= 0.3 is 5.97 Å². The van der Waals surface area contributed by atoms with Gasteiger partial charge in [0.1, 0.15) is 17.7 Å². The van der Waals surface area contributed by atoms with Gasteiger partial charge in [-0.25, -0.2) is 9.78 Å². The highest BCUT2D eigenvalue weighted by atomic mass is 33.1. The molecule has 4 aromatic rings. The molecule has 12 heteroatoms. The summed E-state index contributed by atoms with van der Waals surface area (Å²) in [6.07, 6.45) is 0.278. The van der Waals surface area contributed by atoms with Crippen LogP contribution in [-0.2, 0) is 20.9 Å². The fourth-order valence-electron chi connectivity index (χ4n) is 3.88. The lowest BCUT2D eigenvalue weighted by atomic mass is 10.1. The zero-order valence-electron chi connectivity index (χ0n) is 20.6. The highest BCUT2D eigenvalue weighted by Crippen LogP contribution is 2.45. The average Bonchev–Trinajstić information content (AvgIpc) is 3.36. The maximum absolute atomic E-state index is 13.4. The second kappa shape index (κ2) is 11.9. The van der Waals surface area contributed by atoms with E-state index in [-0.39, 0.29) is 35.7 Å². The largest absolute Gasteiger partial charge is 0.456 e. The lowest BCUT2D eigenvalue weighted by Crippen LogP contribution is -2.52. The van der Waals surface area contributed by atoms with Gasteiger partial charge in [0.2, 0.25) is 5.91 Å². The molecule has 0 aliphatic carbocycles. The van der Waals surface area contributed by atoms with Crippen molar-refractivity contribution in [1.82, 2.24) is 9.88 Å². The molecule has 0 spiro atoms. The molecule has 0 bridgehead atoms. The van der Waals surface area contributed by atoms with Crippen LogP contribution in [0.1, 0.15) is 18.9 Å². The van der Waals surface area contributed by atoms with Crippen molar-refractivity contribution in [1.29, 1.82) is 0 Å². The molecule has 3 aromatic carbocycles. The first kappa shape index (κ1) is 26.7. The number of anilines is 1. The van der Waals surface area contributed by atoms with E-state index in [1.807, 2.05) is 54.6 Å². The molecular formula is C27H22N4O5S3. The number of hydrogen-bond acceptors (Lipinski definition) is 10. The van der Waals surface area contributed by atoms with E-state index in [4.69, 9.17) is 4.74 Å². The number of nitrogens with zero attached hydrogens (tertiary/aromatic N) is 3. The number of rotatable bonds is 10. The van der Waals surface area contributed by atoms with E-state index in [1.54, 1.807) is 18.3 Å². The van der Waals surface area contributed by atoms with Crippen LogP contribution in [0.4, 0.5) is 11.4 Å². The van der Waals surface area contributed by atoms with Gasteiger partial charge < -0.3 is 10.1 Å². The number of benzene rings is 3. The smallest absolute Gasteiger partial charge is 0.357 e. The molecule has 198 valence electrons. The van der Waals surface area contributed by atoms with Crippen molar-refractivity contribution in [2.75, 3.05) is 5.32 Å². The fourth-order valence-corrected chi connectivity index (χ4v) is 7.64. The number of non-ortho nitro benzene ring substituents is 1. The summed E-state index contributed by atoms with van der Waals surface area (Å²) >= 11 is 1.58. The van der Waals surface area contributed by atoms with Crippen molar-refractivity contribution < 1.29 is 19.2 Å². The Morgan fingerprint density at radius 3 is 2.54 bits per heavy atom. The van der Waals surface area contributed by atoms with Crippen molar-refractivity contribution in [2.24, 2.45) is 0 Å². The quantitative estimate of drug-likeness (QED) is 0.0556. The number of aromatic nitrogens is 1. The van der Waals surface area contributed by atoms with Gasteiger partial charge in [-0.1, -0.05) is 41.1 Å². The Balaban J connectivity index is 1.34. The molecule has 1 atom stereocenters. The molecule has 5 rings (SSSR count). The van der Waals surface area contributed by atoms with Crippen LogP contribution < -0.4 is 5.32 Å². The Hall–Kier alpha value is -3.87. The number of ether oxygens (including phenoxy) is 1. The SMILES string of the molecule is C/C(Nc1ccccc1)=C(/C(=O)OCc1ccc([N+](=O)[O-])cc1)N1C(=O)C[C@H]1SSc1nc2ccccc2s1. The molecule has 39 heavy (non-hydrogen) atoms. The van der Waals surface area contributed by atoms with Crippen molar-refractivity contribution in [2.45, 2.75) is 29.7 Å². The number of fused-ring (bicyclic) bond motifs is 1. The molecule has 1 aliphatic rings. The number of para-hydroxylation sites is 2. The van der Waals surface area contributed by atoms with Crippen molar-refractivity contribution >= 4 is 66.4 Å². The van der Waals surface area contributed by atoms with E-state index < -0.39 is 10.9 Å². The number of nitro groups is 1. The monoisotopic (exact) mass is 578 g/mol. The zero-order valence-corrected chi connectivity index (χ0v) is 23.1. The van der Waals surface area contributed by atoms with E-state index in [9.17, 15) is 19.7 Å². The van der Waals surface area contributed by atoms with E-state index in [0.29, 0.717) is 11.3 Å². The Morgan fingerprint density at radius 2 is 1.85 bits per heavy atom. The molecule has 1 aliphatic heterocycles. The van der Waals surface area contributed by atoms with Crippen molar-refractivity contribution in [3.63, 3.8) is 0 Å². The first-order chi connectivity index (χ1) is 18.9. The van der Waals surface area contributed by atoms with Gasteiger partial charge in [-0.15, -0.1) is 11.3 Å². The summed E-state index contributed by atoms with van der Waals surface area (Å²) in [7, 11) is 2.94. The minimum atomic E-state index is -0.669. The summed E-state index contributed by atoms with van der Waals surface area (Å²) in [6, 6.07) is 23.0. The Kier molecular flexibility index (Phi) is 8.15. The predicted molar refractivity (Wildman–Crippen MR) is 154 cm³/mol. The summed E-state index contributed by atoms with van der Waals surface area (Å²) in [6.45, 7) is 1.63. The molecule has 1 N–H and O–H groups in total. The van der Waals surface area contributed by atoms with Gasteiger partial charge in [0.25, 0.3) is 5.69 Å². The first-order valence-electron chi connectivity index (χ1n) is 11.8. The van der Waals surface area contributed by atoms with E-state index >= 15 is 0 Å². The number of nitro benzene ring substituents is 1. The number of β-lactam (4-membered cyclic amide) rings is 1. The first-order valence-corrected chi connectivity index (χ1v) is 14.9. The molecule has 0 saturated carbocycles. The molecular weight excluding hydrogens is 557 g/mol. The number of amides is 1. The second-order valence-corrected chi connectivity index (χ2v) is 12.2. The number of nitrogens with one attached hydrogen (secondary N) is 1. The standard InChI is InChI=1S/C27H22N4O5S3/c1-17(28-19-7-3-2-4-8-19)25(26(33)36-16-18-11-13-20(14-12-18)31(34)35)30-23(32)15-24(30)38-39-27-29-21-9-5-6-10-22(21)37-27/h2-14,24,28H,15-16H2,1H3/b25-17+/t24-/m1/s1. The number of hydrogen-bond donors (Lipinski definition) is 1. The van der Waals surface area contributed by atoms with Gasteiger partial charge in [0.05, 0.1) is 21.6 Å². The summed E-state index contributed by atoms with van der Waals surface area (Å²) in [4.78, 5) is 42.8. The molecule has 2 heterocycles. The van der Waals surface area contributed by atoms with Crippen LogP contribution >= 0.6 is 32.9 Å². The number of likely N-dealkylation sites (tertiary alicyclic amines) is 1. The van der Waals surface area contributed by atoms with E-state index in [1.165, 1.54) is 50.8 Å². The molecule has 1 saturated heterocycles. The molecule has 1 fully saturated rings. The van der Waals surface area contributed by atoms with Gasteiger partial charge in [-0.05, 0) is 59.7 Å². The number of carbonyl (C=O) groups excluding carboxylic acids is 2. The Bertz CT molecular complexity index is 1520. The Labute approximate surface area is 235 Å². The second-order valence-electron chi connectivity index (χ2n) is 8.51. The van der Waals surface area contributed by atoms with Crippen LogP contribution in [0.3, 0.4) is 0 Å². The third-order valence-corrected chi connectivity index (χ3v) is 9.83. The maximum Gasteiger partial charge on any atom is 0.357 e. The van der Waals surface area contributed by atoms with Crippen LogP contribution in [0.5, 0.6) is 0 Å². The zero-order chi connectivity index (χ0) is 27.4. The van der Waals surface area contributed by atoms with Crippen LogP contribution in [0.15, 0.2) is 94.6 Å². The van der Waals surface area contributed by atoms with Gasteiger partial charge in [-0.3, -0.25) is 19.8 Å². The number of allylic oxidation sites excluding steroid dienone is 1. The molecule has 0 unspecified atom stereocenters. The third-order valence-electron chi connectivity index (χ3n) is 5.82. The van der Waals surface area contributed by atoms with E-state index in [2.05, 4.69) is 10.3 Å². The summed E-state index contributed by atoms with van der Waals surface area (Å²) in [5.41, 5.74) is 2.82. The highest BCUT2D eigenvalue weighted by Gasteiger charge is 2.43. The Morgan fingerprint density at radius 1 is 1.13 bits per heavy atom. The lowest BCUT2D eigenvalue weighted by Gasteiger charge is -2.40. The van der Waals surface area contributed by atoms with Gasteiger partial charge in [0, 0.05) is 23.5 Å². The van der Waals surface area contributed by atoms with Crippen LogP contribution in [0, 0.1) is 10.1 Å². The summed E-state index contributed by atoms with van der Waals surface area (Å²) in [5.74, 6) is -0.855. The molecule has 0 radical (unpaired) electrons. The molecule has 1 aromatic heterocycles. The number of thiazole rings is 1. The number of carbonyl (C=O) groups is 2. The van der Waals surface area contributed by atoms with Crippen LogP contribution in [-0.4, -0.2) is 32.1 Å². The lowest BCUT2D eigenvalue weighted by molar-refractivity contribution is -0.384. The maximum atomic E-state index is 13.4. The predicted octanol–water partition coefficient (Wildman–Crippen LogP) is 6.59. The van der Waals surface area contributed by atoms with Crippen LogP contribution in [0.25, 0.3) is 10.2 Å². The fraction of sp³-hybridized carbons (Fsp3) is 0.148. The van der Waals surface area contributed by atoms with Crippen LogP contribution in [0.2, 0.25) is 0 Å². The topological polar surface area (TPSA) is 115 Å². The minimum absolute atomic E-state index is 0.0507. The van der Waals surface area contributed by atoms with Crippen molar-refractivity contribution in [3.05, 3.63) is 106 Å². The van der Waals surface area contributed by atoms with Gasteiger partial charge in [-0.2, -0.15) is 0 Å². The van der Waals surface area contributed by atoms with E-state index in [0.717, 1.165) is 20.2 Å². The van der Waals surface area contributed by atoms with Gasteiger partial charge in [0.15, 0.2) is 4.34 Å². The normalized spacial score (nSPS) is 15.5. The number of esters is 1. The molecule has 9 nitrogen and oxygen atoms in total. The third kappa shape index (κ3) is 6.24. The highest BCUT2D eigenvalue weighted by molar-refractivity contribution is 8.77.